The number of nitrogens with zero attached hydrogens (tertiary/aromatic N) is 1. The Bertz CT molecular complexity index is 1190. The molecule has 4 N–H and O–H groups in total. The summed E-state index contributed by atoms with van der Waals surface area (Å²) in [4.78, 5) is 67.0. The molecule has 1 saturated heterocycles. The summed E-state index contributed by atoms with van der Waals surface area (Å²) in [6.07, 6.45) is -3.63. The maximum Gasteiger partial charge on any atom is 0.414 e. The molecule has 2 heterocycles. The number of aliphatic imine (C=N–C) groups is 1. The standard InChI is InChI=1S/C30H49N5O12/c1-16(36)31-12-13-42-22(20-15-43-30(9,10)45-20)23-21(32-17(2)37)18(14-19(44-23)24(38)41-11)33-25(34-26(39)46-28(3,4)5)35-27(40)47-29(6,7)8/h14,18,20-23H,12-13,15H2,1-11H3,(H,31,36)(H,32,37)(H2,33,34,35,39,40)/t18-,20+,21+,22+,23+/m0/s1. The molecule has 0 unspecified atom stereocenters. The molecule has 0 aromatic rings. The van der Waals surface area contributed by atoms with Gasteiger partial charge in [-0.15, -0.1) is 0 Å². The van der Waals surface area contributed by atoms with E-state index in [0.29, 0.717) is 0 Å². The second kappa shape index (κ2) is 16.2. The van der Waals surface area contributed by atoms with Crippen molar-refractivity contribution in [2.75, 3.05) is 26.9 Å². The highest BCUT2D eigenvalue weighted by Crippen LogP contribution is 2.32. The predicted octanol–water partition coefficient (Wildman–Crippen LogP) is 1.39. The average Bonchev–Trinajstić information content (AvgIpc) is 3.25. The zero-order valence-corrected chi connectivity index (χ0v) is 28.9. The first-order chi connectivity index (χ1) is 21.6. The lowest BCUT2D eigenvalue weighted by Crippen LogP contribution is -2.61. The Balaban J connectivity index is 2.66. The van der Waals surface area contributed by atoms with Gasteiger partial charge in [0.15, 0.2) is 11.9 Å². The minimum atomic E-state index is -1.19. The Hall–Kier alpha value is -3.96. The number of carbonyl (C=O) groups is 5. The molecule has 2 aliphatic rings. The van der Waals surface area contributed by atoms with E-state index in [1.165, 1.54) is 19.9 Å². The highest BCUT2D eigenvalue weighted by atomic mass is 16.8. The molecule has 0 aromatic heterocycles. The number of ether oxygens (including phenoxy) is 7. The van der Waals surface area contributed by atoms with Gasteiger partial charge in [0.05, 0.1) is 32.4 Å². The summed E-state index contributed by atoms with van der Waals surface area (Å²) in [6, 6.07) is -2.28. The molecular weight excluding hydrogens is 622 g/mol. The molecule has 17 nitrogen and oxygen atoms in total. The van der Waals surface area contributed by atoms with Crippen LogP contribution in [-0.4, -0.2) is 110 Å². The molecule has 2 rings (SSSR count). The molecule has 47 heavy (non-hydrogen) atoms. The summed E-state index contributed by atoms with van der Waals surface area (Å²) >= 11 is 0. The fourth-order valence-electron chi connectivity index (χ4n) is 4.48. The lowest BCUT2D eigenvalue weighted by molar-refractivity contribution is -0.179. The van der Waals surface area contributed by atoms with Crippen LogP contribution in [0.25, 0.3) is 0 Å². The molecule has 2 aliphatic heterocycles. The van der Waals surface area contributed by atoms with Gasteiger partial charge in [-0.05, 0) is 61.5 Å². The number of hydrogen-bond donors (Lipinski definition) is 4. The Morgan fingerprint density at radius 1 is 0.979 bits per heavy atom. The minimum Gasteiger partial charge on any atom is -0.478 e. The van der Waals surface area contributed by atoms with Crippen LogP contribution in [0.5, 0.6) is 0 Å². The SMILES string of the molecule is COC(=O)C1=C[C@H](N=C(NC(=O)OC(C)(C)C)NC(=O)OC(C)(C)C)[C@@H](NC(C)=O)[C@H]([C@H](OCCNC(C)=O)[C@H]2COC(C)(C)O2)O1. The molecule has 0 spiro atoms. The van der Waals surface area contributed by atoms with E-state index in [0.717, 1.165) is 7.11 Å². The second-order valence-electron chi connectivity index (χ2n) is 13.2. The van der Waals surface area contributed by atoms with Crippen molar-refractivity contribution >= 4 is 35.9 Å². The Kier molecular flexibility index (Phi) is 13.5. The number of carbonyl (C=O) groups excluding carboxylic acids is 5. The van der Waals surface area contributed by atoms with E-state index in [2.05, 4.69) is 26.3 Å². The van der Waals surface area contributed by atoms with Crippen molar-refractivity contribution in [3.05, 3.63) is 11.8 Å². The number of amides is 4. The number of alkyl carbamates (subject to hydrolysis) is 2. The Morgan fingerprint density at radius 2 is 1.55 bits per heavy atom. The van der Waals surface area contributed by atoms with Crippen LogP contribution in [0.4, 0.5) is 9.59 Å². The van der Waals surface area contributed by atoms with Gasteiger partial charge in [-0.2, -0.15) is 0 Å². The molecule has 1 fully saturated rings. The smallest absolute Gasteiger partial charge is 0.414 e. The first-order valence-electron chi connectivity index (χ1n) is 15.1. The Labute approximate surface area is 274 Å². The summed E-state index contributed by atoms with van der Waals surface area (Å²) in [6.45, 7) is 16.1. The van der Waals surface area contributed by atoms with Crippen molar-refractivity contribution in [3.8, 4) is 0 Å². The van der Waals surface area contributed by atoms with Crippen LogP contribution in [-0.2, 0) is 47.5 Å². The van der Waals surface area contributed by atoms with Crippen molar-refractivity contribution in [2.24, 2.45) is 4.99 Å². The van der Waals surface area contributed by atoms with Crippen molar-refractivity contribution in [1.29, 1.82) is 0 Å². The zero-order valence-electron chi connectivity index (χ0n) is 28.9. The largest absolute Gasteiger partial charge is 0.478 e. The van der Waals surface area contributed by atoms with Crippen LogP contribution >= 0.6 is 0 Å². The number of hydrogen-bond acceptors (Lipinski definition) is 13. The van der Waals surface area contributed by atoms with Gasteiger partial charge in [0.2, 0.25) is 23.5 Å². The Morgan fingerprint density at radius 3 is 2.00 bits per heavy atom. The highest BCUT2D eigenvalue weighted by molar-refractivity contribution is 6.01. The molecule has 0 bridgehead atoms. The maximum absolute atomic E-state index is 12.8. The third-order valence-corrected chi connectivity index (χ3v) is 6.09. The summed E-state index contributed by atoms with van der Waals surface area (Å²) in [5, 5.41) is 10.2. The molecule has 17 heteroatoms. The zero-order chi connectivity index (χ0) is 35.7. The first-order valence-corrected chi connectivity index (χ1v) is 15.1. The van der Waals surface area contributed by atoms with E-state index in [9.17, 15) is 24.0 Å². The van der Waals surface area contributed by atoms with Crippen LogP contribution in [0.1, 0.15) is 69.2 Å². The lowest BCUT2D eigenvalue weighted by Gasteiger charge is -2.41. The number of esters is 1. The topological polar surface area (TPSA) is 210 Å². The van der Waals surface area contributed by atoms with Crippen molar-refractivity contribution in [2.45, 2.75) is 117 Å². The normalized spacial score (nSPS) is 22.7. The van der Waals surface area contributed by atoms with E-state index in [4.69, 9.17) is 33.2 Å². The number of rotatable bonds is 9. The fourth-order valence-corrected chi connectivity index (χ4v) is 4.48. The van der Waals surface area contributed by atoms with Gasteiger partial charge in [0.1, 0.15) is 23.4 Å². The molecule has 266 valence electrons. The van der Waals surface area contributed by atoms with Crippen molar-refractivity contribution < 1.29 is 57.1 Å². The van der Waals surface area contributed by atoms with Crippen LogP contribution in [0.15, 0.2) is 16.8 Å². The number of nitrogens with one attached hydrogen (secondary N) is 4. The average molecular weight is 672 g/mol. The molecule has 0 saturated carbocycles. The van der Waals surface area contributed by atoms with Crippen LogP contribution in [0.3, 0.4) is 0 Å². The fraction of sp³-hybridized carbons (Fsp3) is 0.733. The van der Waals surface area contributed by atoms with Gasteiger partial charge in [0, 0.05) is 20.4 Å². The molecule has 4 amide bonds. The summed E-state index contributed by atoms with van der Waals surface area (Å²) in [7, 11) is 1.15. The minimum absolute atomic E-state index is 0.00591. The van der Waals surface area contributed by atoms with E-state index in [1.807, 2.05) is 0 Å². The number of guanidine groups is 1. The summed E-state index contributed by atoms with van der Waals surface area (Å²) in [5.74, 6) is -3.36. The third kappa shape index (κ3) is 13.7. The molecular formula is C30H49N5O12. The van der Waals surface area contributed by atoms with E-state index >= 15 is 0 Å². The second-order valence-corrected chi connectivity index (χ2v) is 13.2. The number of methoxy groups -OCH3 is 1. The van der Waals surface area contributed by atoms with E-state index in [-0.39, 0.29) is 31.4 Å². The van der Waals surface area contributed by atoms with Gasteiger partial charge in [-0.25, -0.2) is 19.4 Å². The first kappa shape index (κ1) is 39.2. The van der Waals surface area contributed by atoms with Gasteiger partial charge in [-0.1, -0.05) is 0 Å². The third-order valence-electron chi connectivity index (χ3n) is 6.09. The molecule has 0 aliphatic carbocycles. The van der Waals surface area contributed by atoms with Crippen LogP contribution in [0, 0.1) is 0 Å². The van der Waals surface area contributed by atoms with Gasteiger partial charge in [-0.3, -0.25) is 20.2 Å². The summed E-state index contributed by atoms with van der Waals surface area (Å²) < 4.78 is 39.7. The van der Waals surface area contributed by atoms with Gasteiger partial charge >= 0.3 is 18.2 Å². The lowest BCUT2D eigenvalue weighted by atomic mass is 9.92. The van der Waals surface area contributed by atoms with Crippen LogP contribution in [0.2, 0.25) is 0 Å². The maximum atomic E-state index is 12.8. The van der Waals surface area contributed by atoms with Gasteiger partial charge < -0.3 is 43.8 Å². The monoisotopic (exact) mass is 671 g/mol. The quantitative estimate of drug-likeness (QED) is 0.0901. The van der Waals surface area contributed by atoms with Gasteiger partial charge in [0.25, 0.3) is 0 Å². The van der Waals surface area contributed by atoms with E-state index < -0.39 is 77.4 Å². The highest BCUT2D eigenvalue weighted by Gasteiger charge is 2.49. The molecule has 0 radical (unpaired) electrons. The molecule has 5 atom stereocenters. The van der Waals surface area contributed by atoms with Crippen molar-refractivity contribution in [3.63, 3.8) is 0 Å². The van der Waals surface area contributed by atoms with Crippen LogP contribution < -0.4 is 21.3 Å². The predicted molar refractivity (Wildman–Crippen MR) is 166 cm³/mol. The van der Waals surface area contributed by atoms with Crippen molar-refractivity contribution in [1.82, 2.24) is 21.3 Å². The molecule has 0 aromatic carbocycles. The summed E-state index contributed by atoms with van der Waals surface area (Å²) in [5.41, 5.74) is -1.80. The van der Waals surface area contributed by atoms with E-state index in [1.54, 1.807) is 55.4 Å².